The van der Waals surface area contributed by atoms with Gasteiger partial charge in [0.1, 0.15) is 11.4 Å². The molecule has 1 rings (SSSR count). The molecule has 0 saturated heterocycles. The number of hydrogen-bond donors (Lipinski definition) is 1. The number of aliphatic hydroxyl groups is 1. The van der Waals surface area contributed by atoms with E-state index in [0.29, 0.717) is 12.0 Å². The predicted molar refractivity (Wildman–Crippen MR) is 60.0 cm³/mol. The second kappa shape index (κ2) is 4.58. The second-order valence-electron chi connectivity index (χ2n) is 4.01. The number of halogens is 1. The standard InChI is InChI=1S/C13H17FO/c1-4-13(15,9-10(2)3)11-6-5-7-12(14)8-11/h5-9,15H,4H2,1-3H3. The Morgan fingerprint density at radius 2 is 2.13 bits per heavy atom. The van der Waals surface area contributed by atoms with E-state index in [4.69, 9.17) is 0 Å². The highest BCUT2D eigenvalue weighted by Gasteiger charge is 2.24. The molecule has 0 spiro atoms. The Hall–Kier alpha value is -1.15. The maximum absolute atomic E-state index is 13.0. The monoisotopic (exact) mass is 208 g/mol. The first-order chi connectivity index (χ1) is 6.98. The average molecular weight is 208 g/mol. The Kier molecular flexibility index (Phi) is 3.64. The maximum Gasteiger partial charge on any atom is 0.123 e. The van der Waals surface area contributed by atoms with E-state index in [1.165, 1.54) is 12.1 Å². The fourth-order valence-electron chi connectivity index (χ4n) is 1.62. The molecular weight excluding hydrogens is 191 g/mol. The van der Waals surface area contributed by atoms with Gasteiger partial charge in [0, 0.05) is 0 Å². The Bertz CT molecular complexity index is 367. The molecule has 0 aliphatic rings. The summed E-state index contributed by atoms with van der Waals surface area (Å²) >= 11 is 0. The highest BCUT2D eigenvalue weighted by Crippen LogP contribution is 2.28. The summed E-state index contributed by atoms with van der Waals surface area (Å²) in [4.78, 5) is 0. The molecule has 15 heavy (non-hydrogen) atoms. The van der Waals surface area contributed by atoms with E-state index in [2.05, 4.69) is 0 Å². The quantitative estimate of drug-likeness (QED) is 0.755. The molecule has 0 radical (unpaired) electrons. The molecule has 1 aromatic carbocycles. The highest BCUT2D eigenvalue weighted by atomic mass is 19.1. The van der Waals surface area contributed by atoms with Crippen molar-refractivity contribution in [3.8, 4) is 0 Å². The van der Waals surface area contributed by atoms with E-state index in [9.17, 15) is 9.50 Å². The molecule has 0 fully saturated rings. The summed E-state index contributed by atoms with van der Waals surface area (Å²) < 4.78 is 13.0. The van der Waals surface area contributed by atoms with Gasteiger partial charge >= 0.3 is 0 Å². The first-order valence-corrected chi connectivity index (χ1v) is 5.12. The van der Waals surface area contributed by atoms with Crippen LogP contribution in [0.25, 0.3) is 0 Å². The van der Waals surface area contributed by atoms with Gasteiger partial charge < -0.3 is 5.11 Å². The van der Waals surface area contributed by atoms with Crippen molar-refractivity contribution < 1.29 is 9.50 Å². The van der Waals surface area contributed by atoms with Gasteiger partial charge in [0.2, 0.25) is 0 Å². The number of benzene rings is 1. The van der Waals surface area contributed by atoms with Crippen LogP contribution in [0.2, 0.25) is 0 Å². The van der Waals surface area contributed by atoms with Crippen molar-refractivity contribution in [1.29, 1.82) is 0 Å². The third kappa shape index (κ3) is 2.90. The molecule has 0 bridgehead atoms. The van der Waals surface area contributed by atoms with E-state index >= 15 is 0 Å². The van der Waals surface area contributed by atoms with Gasteiger partial charge in [-0.3, -0.25) is 0 Å². The first kappa shape index (κ1) is 11.9. The van der Waals surface area contributed by atoms with Crippen molar-refractivity contribution in [3.63, 3.8) is 0 Å². The van der Waals surface area contributed by atoms with Crippen LogP contribution >= 0.6 is 0 Å². The smallest absolute Gasteiger partial charge is 0.123 e. The molecule has 0 aliphatic heterocycles. The molecule has 0 amide bonds. The van der Waals surface area contributed by atoms with Crippen LogP contribution in [0, 0.1) is 5.82 Å². The van der Waals surface area contributed by atoms with Crippen molar-refractivity contribution >= 4 is 0 Å². The van der Waals surface area contributed by atoms with Gasteiger partial charge in [-0.2, -0.15) is 0 Å². The third-order valence-corrected chi connectivity index (χ3v) is 2.39. The normalized spacial score (nSPS) is 14.5. The van der Waals surface area contributed by atoms with Gasteiger partial charge in [-0.05, 0) is 38.0 Å². The van der Waals surface area contributed by atoms with Crippen LogP contribution in [0.5, 0.6) is 0 Å². The zero-order valence-electron chi connectivity index (χ0n) is 9.42. The highest BCUT2D eigenvalue weighted by molar-refractivity contribution is 5.28. The van der Waals surface area contributed by atoms with Crippen LogP contribution in [-0.4, -0.2) is 5.11 Å². The second-order valence-corrected chi connectivity index (χ2v) is 4.01. The van der Waals surface area contributed by atoms with Crippen molar-refractivity contribution in [3.05, 3.63) is 47.3 Å². The Morgan fingerprint density at radius 1 is 1.47 bits per heavy atom. The fraction of sp³-hybridized carbons (Fsp3) is 0.385. The molecule has 0 aliphatic carbocycles. The van der Waals surface area contributed by atoms with Crippen molar-refractivity contribution in [2.45, 2.75) is 32.8 Å². The predicted octanol–water partition coefficient (Wildman–Crippen LogP) is 3.39. The summed E-state index contributed by atoms with van der Waals surface area (Å²) in [5, 5.41) is 10.3. The minimum atomic E-state index is -1.05. The third-order valence-electron chi connectivity index (χ3n) is 2.39. The topological polar surface area (TPSA) is 20.2 Å². The minimum absolute atomic E-state index is 0.318. The van der Waals surface area contributed by atoms with Gasteiger partial charge in [-0.15, -0.1) is 0 Å². The minimum Gasteiger partial charge on any atom is -0.381 e. The average Bonchev–Trinajstić information content (AvgIpc) is 2.16. The van der Waals surface area contributed by atoms with E-state index in [0.717, 1.165) is 5.57 Å². The Morgan fingerprint density at radius 3 is 2.60 bits per heavy atom. The first-order valence-electron chi connectivity index (χ1n) is 5.12. The van der Waals surface area contributed by atoms with E-state index in [1.807, 2.05) is 20.8 Å². The van der Waals surface area contributed by atoms with Gasteiger partial charge in [-0.25, -0.2) is 4.39 Å². The molecule has 1 nitrogen and oxygen atoms in total. The van der Waals surface area contributed by atoms with Gasteiger partial charge in [-0.1, -0.05) is 30.7 Å². The van der Waals surface area contributed by atoms with Crippen LogP contribution in [0.3, 0.4) is 0 Å². The van der Waals surface area contributed by atoms with Crippen LogP contribution in [-0.2, 0) is 5.60 Å². The summed E-state index contributed by atoms with van der Waals surface area (Å²) in [7, 11) is 0. The number of allylic oxidation sites excluding steroid dienone is 1. The molecule has 1 aromatic rings. The number of hydrogen-bond acceptors (Lipinski definition) is 1. The lowest BCUT2D eigenvalue weighted by Crippen LogP contribution is -2.22. The van der Waals surface area contributed by atoms with Crippen LogP contribution in [0.15, 0.2) is 35.9 Å². The van der Waals surface area contributed by atoms with E-state index in [1.54, 1.807) is 18.2 Å². The van der Waals surface area contributed by atoms with Gasteiger partial charge in [0.05, 0.1) is 0 Å². The van der Waals surface area contributed by atoms with Crippen molar-refractivity contribution in [2.75, 3.05) is 0 Å². The molecule has 0 aromatic heterocycles. The molecule has 1 N–H and O–H groups in total. The lowest BCUT2D eigenvalue weighted by molar-refractivity contribution is 0.0840. The Balaban J connectivity index is 3.17. The largest absolute Gasteiger partial charge is 0.381 e. The summed E-state index contributed by atoms with van der Waals surface area (Å²) in [6.45, 7) is 5.71. The summed E-state index contributed by atoms with van der Waals surface area (Å²) in [5.41, 5.74) is 0.566. The molecule has 0 saturated carbocycles. The Labute approximate surface area is 90.3 Å². The molecule has 1 unspecified atom stereocenters. The summed E-state index contributed by atoms with van der Waals surface area (Å²) in [6.07, 6.45) is 2.30. The molecule has 1 atom stereocenters. The SMILES string of the molecule is CCC(O)(C=C(C)C)c1cccc(F)c1. The van der Waals surface area contributed by atoms with Crippen molar-refractivity contribution in [1.82, 2.24) is 0 Å². The number of rotatable bonds is 3. The van der Waals surface area contributed by atoms with Gasteiger partial charge in [0.15, 0.2) is 0 Å². The lowest BCUT2D eigenvalue weighted by atomic mass is 9.89. The zero-order chi connectivity index (χ0) is 11.5. The van der Waals surface area contributed by atoms with Crippen molar-refractivity contribution in [2.24, 2.45) is 0 Å². The summed E-state index contributed by atoms with van der Waals surface area (Å²) in [6, 6.07) is 6.11. The van der Waals surface area contributed by atoms with Crippen LogP contribution in [0.4, 0.5) is 4.39 Å². The lowest BCUT2D eigenvalue weighted by Gasteiger charge is -2.24. The van der Waals surface area contributed by atoms with E-state index < -0.39 is 5.60 Å². The molecule has 82 valence electrons. The van der Waals surface area contributed by atoms with Crippen LogP contribution in [0.1, 0.15) is 32.8 Å². The van der Waals surface area contributed by atoms with Crippen LogP contribution < -0.4 is 0 Å². The maximum atomic E-state index is 13.0. The zero-order valence-corrected chi connectivity index (χ0v) is 9.42. The van der Waals surface area contributed by atoms with Gasteiger partial charge in [0.25, 0.3) is 0 Å². The molecule has 2 heteroatoms. The van der Waals surface area contributed by atoms with E-state index in [-0.39, 0.29) is 5.82 Å². The summed E-state index contributed by atoms with van der Waals surface area (Å²) in [5.74, 6) is -0.318. The molecule has 0 heterocycles. The fourth-order valence-corrected chi connectivity index (χ4v) is 1.62. The molecular formula is C13H17FO.